The summed E-state index contributed by atoms with van der Waals surface area (Å²) in [7, 11) is -3.18. The van der Waals surface area contributed by atoms with Crippen molar-refractivity contribution in [3.8, 4) is 6.07 Å². The third kappa shape index (κ3) is 3.84. The Morgan fingerprint density at radius 2 is 2.10 bits per heavy atom. The number of nitriles is 1. The van der Waals surface area contributed by atoms with E-state index in [-0.39, 0.29) is 0 Å². The molecule has 7 nitrogen and oxygen atoms in total. The molecule has 0 aliphatic carbocycles. The van der Waals surface area contributed by atoms with E-state index < -0.39 is 10.0 Å². The standard InChI is InChI=1S/C12H17N5O2S2/c1-20-12-14-9-10(8-13)11(15-12)16-4-3-5-17(7-6-16)21(2,18)19/h9H,3-7H2,1-2H3. The lowest BCUT2D eigenvalue weighted by Crippen LogP contribution is -2.34. The van der Waals surface area contributed by atoms with E-state index in [0.29, 0.717) is 49.1 Å². The molecule has 114 valence electrons. The Morgan fingerprint density at radius 1 is 1.33 bits per heavy atom. The maximum absolute atomic E-state index is 11.6. The zero-order chi connectivity index (χ0) is 15.5. The van der Waals surface area contributed by atoms with Crippen LogP contribution in [-0.4, -0.2) is 61.4 Å². The maximum Gasteiger partial charge on any atom is 0.211 e. The van der Waals surface area contributed by atoms with Crippen LogP contribution in [-0.2, 0) is 10.0 Å². The van der Waals surface area contributed by atoms with E-state index in [2.05, 4.69) is 16.0 Å². The summed E-state index contributed by atoms with van der Waals surface area (Å²) < 4.78 is 24.7. The Kier molecular flexibility index (Phi) is 5.03. The molecule has 0 unspecified atom stereocenters. The largest absolute Gasteiger partial charge is 0.354 e. The van der Waals surface area contributed by atoms with Gasteiger partial charge >= 0.3 is 0 Å². The van der Waals surface area contributed by atoms with Crippen molar-refractivity contribution in [3.05, 3.63) is 11.8 Å². The quantitative estimate of drug-likeness (QED) is 0.591. The summed E-state index contributed by atoms with van der Waals surface area (Å²) in [5, 5.41) is 9.80. The van der Waals surface area contributed by atoms with E-state index in [9.17, 15) is 13.7 Å². The van der Waals surface area contributed by atoms with Crippen LogP contribution >= 0.6 is 11.8 Å². The maximum atomic E-state index is 11.6. The zero-order valence-electron chi connectivity index (χ0n) is 12.0. The lowest BCUT2D eigenvalue weighted by atomic mass is 10.3. The van der Waals surface area contributed by atoms with Crippen molar-refractivity contribution in [2.24, 2.45) is 0 Å². The van der Waals surface area contributed by atoms with Gasteiger partial charge in [0.1, 0.15) is 11.6 Å². The average Bonchev–Trinajstić information content (AvgIpc) is 2.72. The van der Waals surface area contributed by atoms with E-state index in [4.69, 9.17) is 0 Å². The van der Waals surface area contributed by atoms with Crippen LogP contribution in [0.1, 0.15) is 12.0 Å². The van der Waals surface area contributed by atoms with E-state index in [0.717, 1.165) is 0 Å². The first kappa shape index (κ1) is 16.0. The van der Waals surface area contributed by atoms with Crippen LogP contribution < -0.4 is 4.90 Å². The first-order chi connectivity index (χ1) is 9.95. The number of thioether (sulfide) groups is 1. The molecule has 0 radical (unpaired) electrons. The second-order valence-corrected chi connectivity index (χ2v) is 7.46. The minimum Gasteiger partial charge on any atom is -0.354 e. The van der Waals surface area contributed by atoms with Crippen molar-refractivity contribution in [2.75, 3.05) is 43.6 Å². The molecular weight excluding hydrogens is 310 g/mol. The first-order valence-electron chi connectivity index (χ1n) is 6.47. The van der Waals surface area contributed by atoms with Gasteiger partial charge in [-0.15, -0.1) is 0 Å². The van der Waals surface area contributed by atoms with Crippen LogP contribution in [0.25, 0.3) is 0 Å². The summed E-state index contributed by atoms with van der Waals surface area (Å²) in [6.07, 6.45) is 5.32. The SMILES string of the molecule is CSc1ncc(C#N)c(N2CCCN(S(C)(=O)=O)CC2)n1. The fourth-order valence-electron chi connectivity index (χ4n) is 2.21. The highest BCUT2D eigenvalue weighted by molar-refractivity contribution is 7.98. The highest BCUT2D eigenvalue weighted by Crippen LogP contribution is 2.21. The molecule has 0 atom stereocenters. The fourth-order valence-corrected chi connectivity index (χ4v) is 3.42. The van der Waals surface area contributed by atoms with Gasteiger partial charge in [0.15, 0.2) is 11.0 Å². The first-order valence-corrected chi connectivity index (χ1v) is 9.54. The Labute approximate surface area is 129 Å². The number of hydrogen-bond acceptors (Lipinski definition) is 7. The van der Waals surface area contributed by atoms with Gasteiger partial charge in [-0.1, -0.05) is 11.8 Å². The van der Waals surface area contributed by atoms with E-state index >= 15 is 0 Å². The van der Waals surface area contributed by atoms with Gasteiger partial charge in [0.2, 0.25) is 10.0 Å². The average molecular weight is 327 g/mol. The van der Waals surface area contributed by atoms with Gasteiger partial charge in [-0.2, -0.15) is 5.26 Å². The van der Waals surface area contributed by atoms with Crippen molar-refractivity contribution < 1.29 is 8.42 Å². The third-order valence-electron chi connectivity index (χ3n) is 3.27. The summed E-state index contributed by atoms with van der Waals surface area (Å²) in [4.78, 5) is 10.5. The number of aromatic nitrogens is 2. The molecule has 2 heterocycles. The summed E-state index contributed by atoms with van der Waals surface area (Å²) in [5.41, 5.74) is 0.417. The van der Waals surface area contributed by atoms with Crippen molar-refractivity contribution in [3.63, 3.8) is 0 Å². The molecule has 1 aliphatic rings. The molecule has 2 rings (SSSR count). The summed E-state index contributed by atoms with van der Waals surface area (Å²) >= 11 is 1.41. The van der Waals surface area contributed by atoms with Crippen molar-refractivity contribution >= 4 is 27.6 Å². The highest BCUT2D eigenvalue weighted by atomic mass is 32.2. The Hall–Kier alpha value is -1.37. The normalized spacial score (nSPS) is 17.3. The van der Waals surface area contributed by atoms with E-state index in [1.54, 1.807) is 0 Å². The predicted molar refractivity (Wildman–Crippen MR) is 81.8 cm³/mol. The minimum absolute atomic E-state index is 0.405. The zero-order valence-corrected chi connectivity index (χ0v) is 13.6. The molecular formula is C12H17N5O2S2. The molecule has 1 aromatic rings. The lowest BCUT2D eigenvalue weighted by Gasteiger charge is -2.22. The Balaban J connectivity index is 2.25. The van der Waals surface area contributed by atoms with Gasteiger partial charge in [0.25, 0.3) is 0 Å². The smallest absolute Gasteiger partial charge is 0.211 e. The van der Waals surface area contributed by atoms with Gasteiger partial charge in [0.05, 0.1) is 12.5 Å². The second kappa shape index (κ2) is 6.60. The van der Waals surface area contributed by atoms with Crippen molar-refractivity contribution in [2.45, 2.75) is 11.6 Å². The summed E-state index contributed by atoms with van der Waals surface area (Å²) in [6.45, 7) is 2.10. The number of nitrogens with zero attached hydrogens (tertiary/aromatic N) is 5. The number of rotatable bonds is 3. The van der Waals surface area contributed by atoms with Crippen LogP contribution in [0.5, 0.6) is 0 Å². The van der Waals surface area contributed by atoms with Crippen LogP contribution in [0.2, 0.25) is 0 Å². The molecule has 9 heteroatoms. The second-order valence-electron chi connectivity index (χ2n) is 4.71. The summed E-state index contributed by atoms with van der Waals surface area (Å²) in [6, 6.07) is 2.10. The molecule has 0 saturated carbocycles. The predicted octanol–water partition coefficient (Wildman–Crippen LogP) is 0.542. The Morgan fingerprint density at radius 3 is 2.71 bits per heavy atom. The van der Waals surface area contributed by atoms with Gasteiger partial charge in [-0.05, 0) is 12.7 Å². The molecule has 1 saturated heterocycles. The molecule has 1 aromatic heterocycles. The lowest BCUT2D eigenvalue weighted by molar-refractivity contribution is 0.437. The number of sulfonamides is 1. The van der Waals surface area contributed by atoms with Gasteiger partial charge in [0, 0.05) is 26.2 Å². The molecule has 1 fully saturated rings. The minimum atomic E-state index is -3.18. The number of hydrogen-bond donors (Lipinski definition) is 0. The van der Waals surface area contributed by atoms with Gasteiger partial charge in [-0.3, -0.25) is 0 Å². The van der Waals surface area contributed by atoms with Gasteiger partial charge in [-0.25, -0.2) is 22.7 Å². The Bertz CT molecular complexity index is 656. The summed E-state index contributed by atoms with van der Waals surface area (Å²) in [5.74, 6) is 0.590. The molecule has 0 spiro atoms. The van der Waals surface area contributed by atoms with Crippen LogP contribution in [0.4, 0.5) is 5.82 Å². The van der Waals surface area contributed by atoms with Crippen LogP contribution in [0.3, 0.4) is 0 Å². The molecule has 0 amide bonds. The van der Waals surface area contributed by atoms with E-state index in [1.807, 2.05) is 11.2 Å². The molecule has 21 heavy (non-hydrogen) atoms. The number of anilines is 1. The molecule has 0 aromatic carbocycles. The monoisotopic (exact) mass is 327 g/mol. The van der Waals surface area contributed by atoms with Crippen molar-refractivity contribution in [1.29, 1.82) is 5.26 Å². The molecule has 1 aliphatic heterocycles. The van der Waals surface area contributed by atoms with Crippen LogP contribution in [0, 0.1) is 11.3 Å². The topological polar surface area (TPSA) is 90.2 Å². The molecule has 0 N–H and O–H groups in total. The van der Waals surface area contributed by atoms with Crippen molar-refractivity contribution in [1.82, 2.24) is 14.3 Å². The van der Waals surface area contributed by atoms with Crippen LogP contribution in [0.15, 0.2) is 11.4 Å². The fraction of sp³-hybridized carbons (Fsp3) is 0.583. The third-order valence-corrected chi connectivity index (χ3v) is 5.14. The highest BCUT2D eigenvalue weighted by Gasteiger charge is 2.23. The molecule has 0 bridgehead atoms. The van der Waals surface area contributed by atoms with Gasteiger partial charge < -0.3 is 4.90 Å². The van der Waals surface area contributed by atoms with E-state index in [1.165, 1.54) is 28.5 Å².